The number of amides is 3. The Kier molecular flexibility index (Phi) is 8.03. The summed E-state index contributed by atoms with van der Waals surface area (Å²) in [5, 5.41) is 2.39. The number of likely N-dealkylation sites (tertiary alicyclic amines) is 1. The zero-order valence-electron chi connectivity index (χ0n) is 15.6. The second-order valence-corrected chi connectivity index (χ2v) is 7.97. The fraction of sp³-hybridized carbons (Fsp3) is 0.529. The highest BCUT2D eigenvalue weighted by molar-refractivity contribution is 7.86. The summed E-state index contributed by atoms with van der Waals surface area (Å²) in [6, 6.07) is 8.13. The Labute approximate surface area is 164 Å². The number of urea groups is 1. The lowest BCUT2D eigenvalue weighted by atomic mass is 10.2. The van der Waals surface area contributed by atoms with Crippen LogP contribution in [0.15, 0.2) is 30.3 Å². The van der Waals surface area contributed by atoms with E-state index in [2.05, 4.69) is 5.32 Å². The molecule has 3 N–H and O–H groups in total. The quantitative estimate of drug-likeness (QED) is 0.441. The highest BCUT2D eigenvalue weighted by Gasteiger charge is 2.38. The van der Waals surface area contributed by atoms with Gasteiger partial charge in [-0.05, 0) is 12.0 Å². The lowest BCUT2D eigenvalue weighted by Crippen LogP contribution is -2.39. The van der Waals surface area contributed by atoms with Crippen LogP contribution in [0.25, 0.3) is 0 Å². The first kappa shape index (κ1) is 21.9. The number of hydrogen-bond donors (Lipinski definition) is 2. The molecule has 11 heteroatoms. The Morgan fingerprint density at radius 3 is 2.64 bits per heavy atom. The van der Waals surface area contributed by atoms with Crippen molar-refractivity contribution in [2.24, 2.45) is 5.73 Å². The molecular weight excluding hydrogens is 390 g/mol. The summed E-state index contributed by atoms with van der Waals surface area (Å²) in [6.07, 6.45) is 0.00478. The molecule has 1 aromatic rings. The first-order chi connectivity index (χ1) is 13.2. The van der Waals surface area contributed by atoms with Crippen molar-refractivity contribution in [1.29, 1.82) is 0 Å². The smallest absolute Gasteiger partial charge is 0.410 e. The average Bonchev–Trinajstić information content (AvgIpc) is 3.00. The van der Waals surface area contributed by atoms with E-state index in [1.165, 1.54) is 4.90 Å². The summed E-state index contributed by atoms with van der Waals surface area (Å²) >= 11 is 0. The van der Waals surface area contributed by atoms with E-state index in [1.807, 2.05) is 30.3 Å². The van der Waals surface area contributed by atoms with Crippen LogP contribution in [0.1, 0.15) is 12.0 Å². The molecule has 0 aliphatic carbocycles. The number of ether oxygens (including phenoxy) is 2. The van der Waals surface area contributed by atoms with Crippen molar-refractivity contribution >= 4 is 22.2 Å². The molecule has 0 radical (unpaired) electrons. The second-order valence-electron chi connectivity index (χ2n) is 6.37. The molecule has 1 aromatic carbocycles. The first-order valence-corrected chi connectivity index (χ1v) is 10.5. The summed E-state index contributed by atoms with van der Waals surface area (Å²) in [7, 11) is -3.65. The molecule has 1 aliphatic heterocycles. The standard InChI is InChI=1S/C17H25N3O7S/c1-28(23,24)27-15-9-14(12-25-8-7-19-16(18)21)20(10-15)17(22)26-11-13-5-3-2-4-6-13/h2-6,14-15H,7-12H2,1H3,(H3,18,19,21)/t14-,15+/m0/s1. The van der Waals surface area contributed by atoms with E-state index < -0.39 is 34.4 Å². The van der Waals surface area contributed by atoms with Gasteiger partial charge in [-0.25, -0.2) is 9.59 Å². The van der Waals surface area contributed by atoms with E-state index in [-0.39, 0.29) is 39.3 Å². The van der Waals surface area contributed by atoms with E-state index in [0.717, 1.165) is 11.8 Å². The zero-order chi connectivity index (χ0) is 20.6. The highest BCUT2D eigenvalue weighted by Crippen LogP contribution is 2.23. The molecule has 156 valence electrons. The maximum Gasteiger partial charge on any atom is 0.410 e. The predicted octanol–water partition coefficient (Wildman–Crippen LogP) is 0.427. The number of nitrogens with two attached hydrogens (primary N) is 1. The van der Waals surface area contributed by atoms with Crippen LogP contribution < -0.4 is 11.1 Å². The van der Waals surface area contributed by atoms with Crippen LogP contribution in [0.4, 0.5) is 9.59 Å². The fourth-order valence-corrected chi connectivity index (χ4v) is 3.47. The maximum atomic E-state index is 12.5. The molecule has 2 atom stereocenters. The third-order valence-electron chi connectivity index (χ3n) is 3.98. The van der Waals surface area contributed by atoms with E-state index >= 15 is 0 Å². The van der Waals surface area contributed by atoms with Crippen LogP contribution in [-0.2, 0) is 30.4 Å². The maximum absolute atomic E-state index is 12.5. The topological polar surface area (TPSA) is 137 Å². The van der Waals surface area contributed by atoms with Gasteiger partial charge in [0.2, 0.25) is 0 Å². The van der Waals surface area contributed by atoms with Crippen LogP contribution in [0.3, 0.4) is 0 Å². The van der Waals surface area contributed by atoms with E-state index in [1.54, 1.807) is 0 Å². The Morgan fingerprint density at radius 1 is 1.29 bits per heavy atom. The first-order valence-electron chi connectivity index (χ1n) is 8.71. The van der Waals surface area contributed by atoms with Crippen molar-refractivity contribution in [1.82, 2.24) is 10.2 Å². The number of primary amides is 1. The summed E-state index contributed by atoms with van der Waals surface area (Å²) in [4.78, 5) is 24.5. The molecule has 1 heterocycles. The van der Waals surface area contributed by atoms with Crippen LogP contribution in [0.5, 0.6) is 0 Å². The number of hydrogen-bond acceptors (Lipinski definition) is 7. The molecular formula is C17H25N3O7S. The second kappa shape index (κ2) is 10.2. The Bertz CT molecular complexity index is 757. The van der Waals surface area contributed by atoms with Crippen molar-refractivity contribution in [2.75, 3.05) is 32.6 Å². The van der Waals surface area contributed by atoms with Gasteiger partial charge in [0, 0.05) is 6.54 Å². The van der Waals surface area contributed by atoms with Gasteiger partial charge in [-0.1, -0.05) is 30.3 Å². The van der Waals surface area contributed by atoms with Gasteiger partial charge in [-0.3, -0.25) is 4.18 Å². The van der Waals surface area contributed by atoms with Gasteiger partial charge in [-0.15, -0.1) is 0 Å². The third kappa shape index (κ3) is 7.71. The third-order valence-corrected chi connectivity index (χ3v) is 4.60. The molecule has 10 nitrogen and oxygen atoms in total. The van der Waals surface area contributed by atoms with Crippen molar-refractivity contribution in [3.63, 3.8) is 0 Å². The Hall–Kier alpha value is -2.37. The normalized spacial score (nSPS) is 19.4. The molecule has 28 heavy (non-hydrogen) atoms. The van der Waals surface area contributed by atoms with Crippen molar-refractivity contribution < 1.29 is 31.7 Å². The number of nitrogens with one attached hydrogen (secondary N) is 1. The molecule has 0 unspecified atom stereocenters. The molecule has 1 aliphatic rings. The zero-order valence-corrected chi connectivity index (χ0v) is 16.4. The van der Waals surface area contributed by atoms with Crippen molar-refractivity contribution in [3.05, 3.63) is 35.9 Å². The van der Waals surface area contributed by atoms with Crippen LogP contribution in [-0.4, -0.2) is 70.1 Å². The van der Waals surface area contributed by atoms with Crippen LogP contribution in [0, 0.1) is 0 Å². The number of rotatable bonds is 9. The number of carbonyl (C=O) groups is 2. The molecule has 3 amide bonds. The minimum absolute atomic E-state index is 0.0776. The van der Waals surface area contributed by atoms with Gasteiger partial charge in [0.15, 0.2) is 0 Å². The minimum Gasteiger partial charge on any atom is -0.445 e. The summed E-state index contributed by atoms with van der Waals surface area (Å²) < 4.78 is 38.6. The molecule has 1 fully saturated rings. The largest absolute Gasteiger partial charge is 0.445 e. The summed E-state index contributed by atoms with van der Waals surface area (Å²) in [6.45, 7) is 0.746. The highest BCUT2D eigenvalue weighted by atomic mass is 32.2. The molecule has 0 spiro atoms. The van der Waals surface area contributed by atoms with Gasteiger partial charge in [0.1, 0.15) is 6.61 Å². The monoisotopic (exact) mass is 415 g/mol. The van der Waals surface area contributed by atoms with E-state index in [9.17, 15) is 18.0 Å². The van der Waals surface area contributed by atoms with Crippen molar-refractivity contribution in [3.8, 4) is 0 Å². The number of carbonyl (C=O) groups excluding carboxylic acids is 2. The van der Waals surface area contributed by atoms with Gasteiger partial charge in [0.25, 0.3) is 10.1 Å². The van der Waals surface area contributed by atoms with E-state index in [0.29, 0.717) is 0 Å². The molecule has 1 saturated heterocycles. The molecule has 2 rings (SSSR count). The van der Waals surface area contributed by atoms with Crippen LogP contribution >= 0.6 is 0 Å². The average molecular weight is 415 g/mol. The lowest BCUT2D eigenvalue weighted by molar-refractivity contribution is 0.0561. The van der Waals surface area contributed by atoms with Gasteiger partial charge in [0.05, 0.1) is 38.2 Å². The van der Waals surface area contributed by atoms with Gasteiger partial charge < -0.3 is 25.4 Å². The van der Waals surface area contributed by atoms with Gasteiger partial charge in [-0.2, -0.15) is 8.42 Å². The SMILES string of the molecule is CS(=O)(=O)O[C@@H]1C[C@@H](COCCNC(N)=O)N(C(=O)OCc2ccccc2)C1. The molecule has 0 aromatic heterocycles. The molecule has 0 bridgehead atoms. The lowest BCUT2D eigenvalue weighted by Gasteiger charge is -2.23. The minimum atomic E-state index is -3.65. The summed E-state index contributed by atoms with van der Waals surface area (Å²) in [5.41, 5.74) is 5.81. The van der Waals surface area contributed by atoms with Gasteiger partial charge >= 0.3 is 12.1 Å². The fourth-order valence-electron chi connectivity index (χ4n) is 2.84. The molecule has 0 saturated carbocycles. The van der Waals surface area contributed by atoms with Crippen LogP contribution in [0.2, 0.25) is 0 Å². The summed E-state index contributed by atoms with van der Waals surface area (Å²) in [5.74, 6) is 0. The number of benzene rings is 1. The Balaban J connectivity index is 1.91. The van der Waals surface area contributed by atoms with E-state index in [4.69, 9.17) is 19.4 Å². The predicted molar refractivity (Wildman–Crippen MR) is 99.9 cm³/mol. The Morgan fingerprint density at radius 2 is 2.00 bits per heavy atom. The number of nitrogens with zero attached hydrogens (tertiary/aromatic N) is 1. The van der Waals surface area contributed by atoms with Crippen molar-refractivity contribution in [2.45, 2.75) is 25.2 Å².